The van der Waals surface area contributed by atoms with E-state index < -0.39 is 5.82 Å². The Balaban J connectivity index is 1.93. The molecule has 0 amide bonds. The lowest BCUT2D eigenvalue weighted by molar-refractivity contribution is 0.608. The van der Waals surface area contributed by atoms with Crippen LogP contribution in [0.2, 0.25) is 0 Å². The van der Waals surface area contributed by atoms with Crippen molar-refractivity contribution >= 4 is 0 Å². The van der Waals surface area contributed by atoms with Crippen LogP contribution in [0.1, 0.15) is 5.56 Å². The van der Waals surface area contributed by atoms with E-state index in [1.807, 2.05) is 30.3 Å². The Kier molecular flexibility index (Phi) is 3.93. The molecule has 0 saturated heterocycles. The molecule has 0 fully saturated rings. The molecule has 0 unspecified atom stereocenters. The minimum atomic E-state index is -0.412. The highest BCUT2D eigenvalue weighted by Gasteiger charge is 2.16. The summed E-state index contributed by atoms with van der Waals surface area (Å²) in [7, 11) is 0. The average Bonchev–Trinajstić information content (AvgIpc) is 3.14. The summed E-state index contributed by atoms with van der Waals surface area (Å²) >= 11 is 0. The maximum absolute atomic E-state index is 14.2. The molecule has 2 heterocycles. The van der Waals surface area contributed by atoms with Crippen molar-refractivity contribution in [3.05, 3.63) is 94.7 Å². The van der Waals surface area contributed by atoms with Crippen molar-refractivity contribution in [2.24, 2.45) is 0 Å². The van der Waals surface area contributed by atoms with Crippen molar-refractivity contribution in [1.29, 1.82) is 0 Å². The summed E-state index contributed by atoms with van der Waals surface area (Å²) in [6.45, 7) is 1.69. The third kappa shape index (κ3) is 2.71. The average molecular weight is 346 g/mol. The van der Waals surface area contributed by atoms with Crippen LogP contribution < -0.4 is 5.43 Å². The largest absolute Gasteiger partial charge is 0.287 e. The first-order chi connectivity index (χ1) is 12.6. The van der Waals surface area contributed by atoms with Crippen LogP contribution in [0.3, 0.4) is 0 Å². The molecule has 4 rings (SSSR count). The third-order valence-corrected chi connectivity index (χ3v) is 4.08. The van der Waals surface area contributed by atoms with E-state index in [1.54, 1.807) is 42.1 Å². The molecule has 0 bridgehead atoms. The van der Waals surface area contributed by atoms with Gasteiger partial charge in [-0.1, -0.05) is 30.3 Å². The second kappa shape index (κ2) is 6.40. The van der Waals surface area contributed by atoms with Gasteiger partial charge in [-0.05, 0) is 37.3 Å². The SMILES string of the molecule is Cc1cn(-c2ccccc2F)nc(-c2ccnn2-c2ccccc2)c1=O. The summed E-state index contributed by atoms with van der Waals surface area (Å²) in [6, 6.07) is 17.5. The van der Waals surface area contributed by atoms with E-state index in [0.29, 0.717) is 11.3 Å². The number of benzene rings is 2. The molecule has 0 spiro atoms. The molecular formula is C20H15FN4O. The second-order valence-electron chi connectivity index (χ2n) is 5.85. The summed E-state index contributed by atoms with van der Waals surface area (Å²) in [5.41, 5.74) is 2.12. The maximum Gasteiger partial charge on any atom is 0.212 e. The summed E-state index contributed by atoms with van der Waals surface area (Å²) in [5, 5.41) is 8.70. The van der Waals surface area contributed by atoms with Crippen molar-refractivity contribution in [2.45, 2.75) is 6.92 Å². The molecule has 0 N–H and O–H groups in total. The van der Waals surface area contributed by atoms with Crippen molar-refractivity contribution in [1.82, 2.24) is 19.6 Å². The number of rotatable bonds is 3. The predicted molar refractivity (Wildman–Crippen MR) is 97.1 cm³/mol. The number of aromatic nitrogens is 4. The fourth-order valence-electron chi connectivity index (χ4n) is 2.80. The summed E-state index contributed by atoms with van der Waals surface area (Å²) in [4.78, 5) is 12.7. The highest BCUT2D eigenvalue weighted by atomic mass is 19.1. The van der Waals surface area contributed by atoms with Crippen molar-refractivity contribution in [2.75, 3.05) is 0 Å². The van der Waals surface area contributed by atoms with E-state index >= 15 is 0 Å². The van der Waals surface area contributed by atoms with Crippen molar-refractivity contribution < 1.29 is 4.39 Å². The van der Waals surface area contributed by atoms with Crippen molar-refractivity contribution in [3.8, 4) is 22.8 Å². The smallest absolute Gasteiger partial charge is 0.212 e. The van der Waals surface area contributed by atoms with Crippen LogP contribution >= 0.6 is 0 Å². The van der Waals surface area contributed by atoms with Gasteiger partial charge in [0.2, 0.25) is 5.43 Å². The maximum atomic E-state index is 14.2. The van der Waals surface area contributed by atoms with Crippen LogP contribution in [-0.4, -0.2) is 19.6 Å². The molecule has 4 aromatic rings. The van der Waals surface area contributed by atoms with Crippen LogP contribution in [0, 0.1) is 12.7 Å². The third-order valence-electron chi connectivity index (χ3n) is 4.08. The van der Waals surface area contributed by atoms with Crippen LogP contribution in [0.4, 0.5) is 4.39 Å². The van der Waals surface area contributed by atoms with E-state index in [0.717, 1.165) is 5.69 Å². The molecule has 0 aliphatic heterocycles. The minimum Gasteiger partial charge on any atom is -0.287 e. The molecule has 2 aromatic carbocycles. The summed E-state index contributed by atoms with van der Waals surface area (Å²) in [6.07, 6.45) is 3.15. The zero-order valence-electron chi connectivity index (χ0n) is 14.0. The fourth-order valence-corrected chi connectivity index (χ4v) is 2.80. The Hall–Kier alpha value is -3.54. The lowest BCUT2D eigenvalue weighted by Gasteiger charge is -2.11. The van der Waals surface area contributed by atoms with Crippen LogP contribution in [0.5, 0.6) is 0 Å². The first-order valence-electron chi connectivity index (χ1n) is 8.10. The standard InChI is InChI=1S/C20H15FN4O/c1-14-13-24(17-10-6-5-9-16(17)21)23-19(20(14)26)18-11-12-22-25(18)15-7-3-2-4-8-15/h2-13H,1H3. The number of nitrogens with zero attached hydrogens (tertiary/aromatic N) is 4. The number of para-hydroxylation sites is 2. The molecule has 2 aromatic heterocycles. The van der Waals surface area contributed by atoms with Gasteiger partial charge < -0.3 is 0 Å². The lowest BCUT2D eigenvalue weighted by atomic mass is 10.2. The predicted octanol–water partition coefficient (Wildman–Crippen LogP) is 3.53. The number of aryl methyl sites for hydroxylation is 1. The van der Waals surface area contributed by atoms with Gasteiger partial charge in [0.05, 0.1) is 17.6 Å². The van der Waals surface area contributed by atoms with Gasteiger partial charge in [-0.3, -0.25) is 4.79 Å². The quantitative estimate of drug-likeness (QED) is 0.570. The van der Waals surface area contributed by atoms with E-state index in [-0.39, 0.29) is 16.8 Å². The molecule has 0 aliphatic carbocycles. The van der Waals surface area contributed by atoms with Crippen LogP contribution in [0.25, 0.3) is 22.8 Å². The van der Waals surface area contributed by atoms with Gasteiger partial charge in [0.15, 0.2) is 5.69 Å². The Morgan fingerprint density at radius 3 is 2.46 bits per heavy atom. The van der Waals surface area contributed by atoms with Gasteiger partial charge in [-0.25, -0.2) is 13.8 Å². The Morgan fingerprint density at radius 1 is 0.962 bits per heavy atom. The molecule has 0 saturated carbocycles. The summed E-state index contributed by atoms with van der Waals surface area (Å²) < 4.78 is 17.2. The fraction of sp³-hybridized carbons (Fsp3) is 0.0500. The van der Waals surface area contributed by atoms with E-state index in [2.05, 4.69) is 10.2 Å². The number of hydrogen-bond acceptors (Lipinski definition) is 3. The van der Waals surface area contributed by atoms with Crippen LogP contribution in [-0.2, 0) is 0 Å². The van der Waals surface area contributed by atoms with Gasteiger partial charge in [0, 0.05) is 11.8 Å². The van der Waals surface area contributed by atoms with E-state index in [4.69, 9.17) is 0 Å². The Labute approximate surface area is 149 Å². The topological polar surface area (TPSA) is 52.7 Å². The first kappa shape index (κ1) is 16.0. The normalized spacial score (nSPS) is 10.8. The second-order valence-corrected chi connectivity index (χ2v) is 5.85. The zero-order valence-corrected chi connectivity index (χ0v) is 14.0. The van der Waals surface area contributed by atoms with Gasteiger partial charge in [-0.2, -0.15) is 10.2 Å². The highest BCUT2D eigenvalue weighted by molar-refractivity contribution is 5.58. The number of hydrogen-bond donors (Lipinski definition) is 0. The summed E-state index contributed by atoms with van der Waals surface area (Å²) in [5.74, 6) is -0.412. The number of halogens is 1. The Bertz CT molecular complexity index is 1130. The first-order valence-corrected chi connectivity index (χ1v) is 8.10. The molecule has 5 nitrogen and oxygen atoms in total. The van der Waals surface area contributed by atoms with E-state index in [1.165, 1.54) is 16.9 Å². The highest BCUT2D eigenvalue weighted by Crippen LogP contribution is 2.19. The monoisotopic (exact) mass is 346 g/mol. The molecule has 6 heteroatoms. The van der Waals surface area contributed by atoms with E-state index in [9.17, 15) is 9.18 Å². The molecule has 0 radical (unpaired) electrons. The van der Waals surface area contributed by atoms with Gasteiger partial charge in [0.1, 0.15) is 11.5 Å². The minimum absolute atomic E-state index is 0.213. The zero-order chi connectivity index (χ0) is 18.1. The molecule has 0 atom stereocenters. The molecule has 128 valence electrons. The van der Waals surface area contributed by atoms with Crippen LogP contribution in [0.15, 0.2) is 77.9 Å². The van der Waals surface area contributed by atoms with Gasteiger partial charge in [-0.15, -0.1) is 0 Å². The van der Waals surface area contributed by atoms with Crippen molar-refractivity contribution in [3.63, 3.8) is 0 Å². The Morgan fingerprint density at radius 2 is 1.69 bits per heavy atom. The van der Waals surface area contributed by atoms with Gasteiger partial charge in [0.25, 0.3) is 0 Å². The molecular weight excluding hydrogens is 331 g/mol. The molecule has 0 aliphatic rings. The van der Waals surface area contributed by atoms with Gasteiger partial charge >= 0.3 is 0 Å². The lowest BCUT2D eigenvalue weighted by Crippen LogP contribution is -2.18. The molecule has 26 heavy (non-hydrogen) atoms.